The third-order valence-electron chi connectivity index (χ3n) is 4.58. The molecule has 1 saturated heterocycles. The Hall–Kier alpha value is -2.19. The summed E-state index contributed by atoms with van der Waals surface area (Å²) in [6.45, 7) is 6.07. The first kappa shape index (κ1) is 16.3. The average Bonchev–Trinajstić information content (AvgIpc) is 3.24. The number of aromatic amines is 1. The quantitative estimate of drug-likeness (QED) is 0.663. The van der Waals surface area contributed by atoms with Crippen molar-refractivity contribution in [1.82, 2.24) is 20.2 Å². The van der Waals surface area contributed by atoms with Gasteiger partial charge in [0.05, 0.1) is 10.2 Å². The Balaban J connectivity index is 1.66. The number of hydrogen-bond acceptors (Lipinski definition) is 7. The van der Waals surface area contributed by atoms with Crippen molar-refractivity contribution in [1.29, 1.82) is 0 Å². The van der Waals surface area contributed by atoms with Gasteiger partial charge >= 0.3 is 0 Å². The Labute approximate surface area is 150 Å². The summed E-state index contributed by atoms with van der Waals surface area (Å²) in [5, 5.41) is 12.8. The lowest BCUT2D eigenvalue weighted by atomic mass is 10.1. The Bertz CT molecular complexity index is 861. The van der Waals surface area contributed by atoms with Crippen LogP contribution in [0.3, 0.4) is 0 Å². The molecular weight excluding hydrogens is 334 g/mol. The van der Waals surface area contributed by atoms with Gasteiger partial charge in [0.1, 0.15) is 0 Å². The number of anilines is 3. The van der Waals surface area contributed by atoms with Gasteiger partial charge in [0.25, 0.3) is 0 Å². The van der Waals surface area contributed by atoms with Gasteiger partial charge in [-0.25, -0.2) is 4.98 Å². The van der Waals surface area contributed by atoms with Crippen molar-refractivity contribution < 1.29 is 0 Å². The molecule has 1 aliphatic rings. The topological polar surface area (TPSA) is 95.8 Å². The smallest absolute Gasteiger partial charge is 0.227 e. The number of nitrogens with one attached hydrogen (secondary N) is 2. The van der Waals surface area contributed by atoms with Crippen molar-refractivity contribution in [2.45, 2.75) is 38.6 Å². The summed E-state index contributed by atoms with van der Waals surface area (Å²) in [5.41, 5.74) is 8.08. The van der Waals surface area contributed by atoms with E-state index in [1.807, 2.05) is 17.5 Å². The summed E-state index contributed by atoms with van der Waals surface area (Å²) in [7, 11) is 0. The zero-order chi connectivity index (χ0) is 17.4. The van der Waals surface area contributed by atoms with Gasteiger partial charge in [-0.2, -0.15) is 10.1 Å². The maximum absolute atomic E-state index is 6.02. The van der Waals surface area contributed by atoms with Crippen LogP contribution in [-0.4, -0.2) is 39.3 Å². The van der Waals surface area contributed by atoms with Gasteiger partial charge < -0.3 is 16.0 Å². The fourth-order valence-electron chi connectivity index (χ4n) is 2.99. The lowest BCUT2D eigenvalue weighted by Gasteiger charge is -2.30. The van der Waals surface area contributed by atoms with E-state index in [4.69, 9.17) is 15.7 Å². The predicted molar refractivity (Wildman–Crippen MR) is 103 cm³/mol. The summed E-state index contributed by atoms with van der Waals surface area (Å²) >= 11 is 1.64. The van der Waals surface area contributed by atoms with Crippen molar-refractivity contribution in [3.05, 3.63) is 23.2 Å². The summed E-state index contributed by atoms with van der Waals surface area (Å²) < 4.78 is 1.05. The Morgan fingerprint density at radius 3 is 2.84 bits per heavy atom. The standard InChI is InChI=1S/C17H23N7S/c1-10(2)13-9-14(23-22-13)20-16-15-12(5-8-25-15)19-17(21-16)24-6-3-11(18)4-7-24/h5,8-11H,3-4,6-7,18H2,1-2H3,(H2,19,20,21,22,23). The molecule has 0 spiro atoms. The highest BCUT2D eigenvalue weighted by atomic mass is 32.1. The second-order valence-electron chi connectivity index (χ2n) is 6.82. The minimum atomic E-state index is 0.289. The number of nitrogens with zero attached hydrogens (tertiary/aromatic N) is 4. The predicted octanol–water partition coefficient (Wildman–Crippen LogP) is 3.21. The van der Waals surface area contributed by atoms with Crippen LogP contribution in [0.4, 0.5) is 17.6 Å². The van der Waals surface area contributed by atoms with Crippen LogP contribution in [0.1, 0.15) is 38.3 Å². The van der Waals surface area contributed by atoms with Crippen LogP contribution in [0.5, 0.6) is 0 Å². The van der Waals surface area contributed by atoms with E-state index in [-0.39, 0.29) is 6.04 Å². The van der Waals surface area contributed by atoms with Gasteiger partial charge in [0.15, 0.2) is 11.6 Å². The highest BCUT2D eigenvalue weighted by Crippen LogP contribution is 2.31. The van der Waals surface area contributed by atoms with E-state index in [1.54, 1.807) is 11.3 Å². The molecule has 1 aliphatic heterocycles. The summed E-state index contributed by atoms with van der Waals surface area (Å²) in [5.74, 6) is 2.76. The summed E-state index contributed by atoms with van der Waals surface area (Å²) in [4.78, 5) is 11.7. The van der Waals surface area contributed by atoms with Crippen LogP contribution in [0.2, 0.25) is 0 Å². The second kappa shape index (κ2) is 6.61. The van der Waals surface area contributed by atoms with Crippen LogP contribution < -0.4 is 16.0 Å². The molecular formula is C17H23N7S. The third-order valence-corrected chi connectivity index (χ3v) is 5.49. The first-order chi connectivity index (χ1) is 12.1. The molecule has 0 atom stereocenters. The van der Waals surface area contributed by atoms with Crippen molar-refractivity contribution in [3.8, 4) is 0 Å². The maximum Gasteiger partial charge on any atom is 0.227 e. The molecule has 0 aromatic carbocycles. The highest BCUT2D eigenvalue weighted by Gasteiger charge is 2.20. The molecule has 4 rings (SSSR count). The molecule has 0 amide bonds. The molecule has 1 fully saturated rings. The molecule has 25 heavy (non-hydrogen) atoms. The number of thiophene rings is 1. The van der Waals surface area contributed by atoms with Crippen molar-refractivity contribution in [3.63, 3.8) is 0 Å². The molecule has 0 radical (unpaired) electrons. The monoisotopic (exact) mass is 357 g/mol. The van der Waals surface area contributed by atoms with E-state index < -0.39 is 0 Å². The number of rotatable bonds is 4. The second-order valence-corrected chi connectivity index (χ2v) is 7.74. The minimum absolute atomic E-state index is 0.289. The molecule has 7 nitrogen and oxygen atoms in total. The molecule has 0 aliphatic carbocycles. The number of fused-ring (bicyclic) bond motifs is 1. The van der Waals surface area contributed by atoms with E-state index in [0.717, 1.165) is 59.4 Å². The van der Waals surface area contributed by atoms with E-state index in [0.29, 0.717) is 5.92 Å². The van der Waals surface area contributed by atoms with E-state index >= 15 is 0 Å². The average molecular weight is 357 g/mol. The van der Waals surface area contributed by atoms with Crippen LogP contribution in [-0.2, 0) is 0 Å². The number of H-pyrrole nitrogens is 1. The largest absolute Gasteiger partial charge is 0.341 e. The molecule has 3 aromatic heterocycles. The molecule has 0 unspecified atom stereocenters. The maximum atomic E-state index is 6.02. The minimum Gasteiger partial charge on any atom is -0.341 e. The molecule has 0 bridgehead atoms. The van der Waals surface area contributed by atoms with Crippen LogP contribution in [0, 0.1) is 0 Å². The molecule has 0 saturated carbocycles. The Morgan fingerprint density at radius 1 is 1.32 bits per heavy atom. The number of piperidine rings is 1. The lowest BCUT2D eigenvalue weighted by Crippen LogP contribution is -2.40. The van der Waals surface area contributed by atoms with Crippen molar-refractivity contribution >= 4 is 39.1 Å². The SMILES string of the molecule is CC(C)c1cc(Nc2nc(N3CCC(N)CC3)nc3ccsc23)n[nH]1. The zero-order valence-corrected chi connectivity index (χ0v) is 15.3. The molecule has 4 N–H and O–H groups in total. The first-order valence-corrected chi connectivity index (χ1v) is 9.56. The lowest BCUT2D eigenvalue weighted by molar-refractivity contribution is 0.496. The van der Waals surface area contributed by atoms with Gasteiger partial charge in [0.2, 0.25) is 5.95 Å². The van der Waals surface area contributed by atoms with Gasteiger partial charge in [-0.3, -0.25) is 5.10 Å². The molecule has 132 valence electrons. The van der Waals surface area contributed by atoms with E-state index in [9.17, 15) is 0 Å². The van der Waals surface area contributed by atoms with Crippen LogP contribution >= 0.6 is 11.3 Å². The molecule has 3 aromatic rings. The molecule has 8 heteroatoms. The number of aromatic nitrogens is 4. The Kier molecular flexibility index (Phi) is 4.30. The number of nitrogens with two attached hydrogens (primary N) is 1. The normalized spacial score (nSPS) is 16.1. The van der Waals surface area contributed by atoms with Gasteiger partial charge in [-0.05, 0) is 30.2 Å². The van der Waals surface area contributed by atoms with E-state index in [2.05, 4.69) is 34.3 Å². The van der Waals surface area contributed by atoms with Crippen LogP contribution in [0.15, 0.2) is 17.5 Å². The van der Waals surface area contributed by atoms with Gasteiger partial charge in [0, 0.05) is 30.9 Å². The summed E-state index contributed by atoms with van der Waals surface area (Å²) in [6.07, 6.45) is 1.95. The van der Waals surface area contributed by atoms with Gasteiger partial charge in [-0.1, -0.05) is 13.8 Å². The highest BCUT2D eigenvalue weighted by molar-refractivity contribution is 7.17. The fraction of sp³-hybridized carbons (Fsp3) is 0.471. The first-order valence-electron chi connectivity index (χ1n) is 8.68. The molecule has 4 heterocycles. The zero-order valence-electron chi connectivity index (χ0n) is 14.5. The van der Waals surface area contributed by atoms with Crippen molar-refractivity contribution in [2.75, 3.05) is 23.3 Å². The van der Waals surface area contributed by atoms with Gasteiger partial charge in [-0.15, -0.1) is 11.3 Å². The Morgan fingerprint density at radius 2 is 2.12 bits per heavy atom. The van der Waals surface area contributed by atoms with E-state index in [1.165, 1.54) is 0 Å². The summed E-state index contributed by atoms with van der Waals surface area (Å²) in [6, 6.07) is 4.36. The van der Waals surface area contributed by atoms with Crippen LogP contribution in [0.25, 0.3) is 10.2 Å². The third kappa shape index (κ3) is 3.32. The number of hydrogen-bond donors (Lipinski definition) is 3. The van der Waals surface area contributed by atoms with Crippen molar-refractivity contribution in [2.24, 2.45) is 5.73 Å². The fourth-order valence-corrected chi connectivity index (χ4v) is 3.77.